The van der Waals surface area contributed by atoms with E-state index < -0.39 is 0 Å². The zero-order chi connectivity index (χ0) is 15.8. The monoisotopic (exact) mass is 311 g/mol. The second-order valence-corrected chi connectivity index (χ2v) is 6.42. The van der Waals surface area contributed by atoms with Crippen LogP contribution < -0.4 is 10.2 Å². The first-order valence-electron chi connectivity index (χ1n) is 8.26. The van der Waals surface area contributed by atoms with Crippen LogP contribution in [0.15, 0.2) is 30.6 Å². The fourth-order valence-electron chi connectivity index (χ4n) is 3.54. The summed E-state index contributed by atoms with van der Waals surface area (Å²) in [4.78, 5) is 18.9. The first kappa shape index (κ1) is 14.4. The van der Waals surface area contributed by atoms with Crippen molar-refractivity contribution >= 4 is 11.6 Å². The minimum absolute atomic E-state index is 0.107. The van der Waals surface area contributed by atoms with Crippen molar-refractivity contribution in [3.8, 4) is 0 Å². The number of aromatic nitrogens is 3. The number of carbonyl (C=O) groups excluding carboxylic acids is 1. The molecule has 0 spiro atoms. The summed E-state index contributed by atoms with van der Waals surface area (Å²) in [5, 5.41) is 7.81. The lowest BCUT2D eigenvalue weighted by atomic mass is 10.0. The molecule has 2 aliphatic heterocycles. The Morgan fingerprint density at radius 1 is 1.35 bits per heavy atom. The Kier molecular flexibility index (Phi) is 3.61. The van der Waals surface area contributed by atoms with Gasteiger partial charge in [0.1, 0.15) is 6.33 Å². The Labute approximate surface area is 135 Å². The fourth-order valence-corrected chi connectivity index (χ4v) is 3.54. The molecular weight excluding hydrogens is 290 g/mol. The lowest BCUT2D eigenvalue weighted by molar-refractivity contribution is 0.0977. The van der Waals surface area contributed by atoms with Gasteiger partial charge in [-0.3, -0.25) is 4.79 Å². The van der Waals surface area contributed by atoms with Crippen LogP contribution in [0.4, 0.5) is 5.69 Å². The van der Waals surface area contributed by atoms with Gasteiger partial charge < -0.3 is 10.2 Å². The van der Waals surface area contributed by atoms with Crippen LogP contribution in [0, 0.1) is 0 Å². The normalized spacial score (nSPS) is 23.8. The second-order valence-electron chi connectivity index (χ2n) is 6.42. The highest BCUT2D eigenvalue weighted by Crippen LogP contribution is 2.36. The van der Waals surface area contributed by atoms with Crippen molar-refractivity contribution in [2.45, 2.75) is 31.7 Å². The molecule has 3 heterocycles. The number of anilines is 1. The second kappa shape index (κ2) is 5.77. The van der Waals surface area contributed by atoms with Crippen LogP contribution in [0.25, 0.3) is 0 Å². The SMILES string of the molecule is C[C@H]1CN(C(=O)c2ncn([C@@H]3CCCNC3)n2)c2ccccc21. The molecule has 0 saturated carbocycles. The zero-order valence-electron chi connectivity index (χ0n) is 13.3. The van der Waals surface area contributed by atoms with Gasteiger partial charge in [-0.05, 0) is 31.0 Å². The first-order chi connectivity index (χ1) is 11.2. The molecule has 6 heteroatoms. The number of nitrogens with one attached hydrogen (secondary N) is 1. The van der Waals surface area contributed by atoms with E-state index in [0.717, 1.165) is 31.6 Å². The summed E-state index contributed by atoms with van der Waals surface area (Å²) in [6.45, 7) is 4.78. The van der Waals surface area contributed by atoms with Crippen molar-refractivity contribution < 1.29 is 4.79 Å². The molecule has 0 aliphatic carbocycles. The summed E-state index contributed by atoms with van der Waals surface area (Å²) in [5.74, 6) is 0.531. The smallest absolute Gasteiger partial charge is 0.297 e. The zero-order valence-corrected chi connectivity index (χ0v) is 13.3. The molecular formula is C17H21N5O. The maximum absolute atomic E-state index is 12.8. The van der Waals surface area contributed by atoms with Crippen LogP contribution in [0.5, 0.6) is 0 Å². The molecule has 23 heavy (non-hydrogen) atoms. The molecule has 2 aromatic rings. The Morgan fingerprint density at radius 2 is 2.22 bits per heavy atom. The Morgan fingerprint density at radius 3 is 3.04 bits per heavy atom. The average Bonchev–Trinajstić information content (AvgIpc) is 3.21. The number of carbonyl (C=O) groups is 1. The minimum Gasteiger partial charge on any atom is -0.315 e. The van der Waals surface area contributed by atoms with Gasteiger partial charge in [0.05, 0.1) is 6.04 Å². The highest BCUT2D eigenvalue weighted by Gasteiger charge is 2.32. The van der Waals surface area contributed by atoms with Crippen molar-refractivity contribution in [3.05, 3.63) is 42.0 Å². The summed E-state index contributed by atoms with van der Waals surface area (Å²) < 4.78 is 1.84. The van der Waals surface area contributed by atoms with Gasteiger partial charge in [-0.25, -0.2) is 9.67 Å². The van der Waals surface area contributed by atoms with E-state index in [4.69, 9.17) is 0 Å². The van der Waals surface area contributed by atoms with Gasteiger partial charge in [-0.2, -0.15) is 0 Å². The molecule has 1 amide bonds. The number of piperidine rings is 1. The molecule has 4 rings (SSSR count). The van der Waals surface area contributed by atoms with Crippen molar-refractivity contribution in [3.63, 3.8) is 0 Å². The summed E-state index contributed by atoms with van der Waals surface area (Å²) in [5.41, 5.74) is 2.21. The van der Waals surface area contributed by atoms with Crippen LogP contribution in [-0.4, -0.2) is 40.3 Å². The van der Waals surface area contributed by atoms with Gasteiger partial charge in [0.2, 0.25) is 5.82 Å². The predicted molar refractivity (Wildman–Crippen MR) is 87.7 cm³/mol. The number of amides is 1. The number of hydrogen-bond acceptors (Lipinski definition) is 4. The van der Waals surface area contributed by atoms with Gasteiger partial charge >= 0.3 is 0 Å². The largest absolute Gasteiger partial charge is 0.315 e. The molecule has 0 radical (unpaired) electrons. The Balaban J connectivity index is 1.57. The highest BCUT2D eigenvalue weighted by atomic mass is 16.2. The molecule has 120 valence electrons. The fraction of sp³-hybridized carbons (Fsp3) is 0.471. The van der Waals surface area contributed by atoms with E-state index in [-0.39, 0.29) is 5.91 Å². The van der Waals surface area contributed by atoms with E-state index in [2.05, 4.69) is 28.4 Å². The number of para-hydroxylation sites is 1. The van der Waals surface area contributed by atoms with E-state index in [1.807, 2.05) is 22.9 Å². The molecule has 2 aliphatic rings. The van der Waals surface area contributed by atoms with Crippen LogP contribution in [0.2, 0.25) is 0 Å². The lowest BCUT2D eigenvalue weighted by Gasteiger charge is -2.22. The standard InChI is InChI=1S/C17H21N5O/c1-12-10-21(15-7-3-2-6-14(12)15)17(23)16-19-11-22(20-16)13-5-4-8-18-9-13/h2-3,6-7,11-13,18H,4-5,8-10H2,1H3/t12-,13+/m0/s1. The maximum atomic E-state index is 12.8. The van der Waals surface area contributed by atoms with E-state index in [1.165, 1.54) is 5.56 Å². The van der Waals surface area contributed by atoms with Gasteiger partial charge in [0, 0.05) is 24.7 Å². The van der Waals surface area contributed by atoms with Crippen LogP contribution in [0.1, 0.15) is 47.9 Å². The van der Waals surface area contributed by atoms with Crippen LogP contribution in [0.3, 0.4) is 0 Å². The quantitative estimate of drug-likeness (QED) is 0.921. The number of rotatable bonds is 2. The van der Waals surface area contributed by atoms with Crippen LogP contribution >= 0.6 is 0 Å². The summed E-state index contributed by atoms with van der Waals surface area (Å²) >= 11 is 0. The third kappa shape index (κ3) is 2.53. The third-order valence-electron chi connectivity index (χ3n) is 4.80. The van der Waals surface area contributed by atoms with E-state index in [0.29, 0.717) is 24.3 Å². The molecule has 1 aromatic carbocycles. The molecule has 1 aromatic heterocycles. The Hall–Kier alpha value is -2.21. The third-order valence-corrected chi connectivity index (χ3v) is 4.80. The number of hydrogen-bond donors (Lipinski definition) is 1. The molecule has 1 N–H and O–H groups in total. The lowest BCUT2D eigenvalue weighted by Crippen LogP contribution is -2.33. The Bertz CT molecular complexity index is 719. The predicted octanol–water partition coefficient (Wildman–Crippen LogP) is 1.97. The van der Waals surface area contributed by atoms with Gasteiger partial charge in [-0.1, -0.05) is 25.1 Å². The van der Waals surface area contributed by atoms with Crippen molar-refractivity contribution in [1.82, 2.24) is 20.1 Å². The van der Waals surface area contributed by atoms with E-state index >= 15 is 0 Å². The maximum Gasteiger partial charge on any atom is 0.297 e. The van der Waals surface area contributed by atoms with E-state index in [1.54, 1.807) is 11.2 Å². The molecule has 1 fully saturated rings. The number of fused-ring (bicyclic) bond motifs is 1. The molecule has 2 atom stereocenters. The summed E-state index contributed by atoms with van der Waals surface area (Å²) in [6.07, 6.45) is 3.90. The summed E-state index contributed by atoms with van der Waals surface area (Å²) in [7, 11) is 0. The molecule has 0 bridgehead atoms. The highest BCUT2D eigenvalue weighted by molar-refractivity contribution is 6.05. The van der Waals surface area contributed by atoms with Crippen molar-refractivity contribution in [1.29, 1.82) is 0 Å². The average molecular weight is 311 g/mol. The number of nitrogens with zero attached hydrogens (tertiary/aromatic N) is 4. The molecule has 0 unspecified atom stereocenters. The molecule has 1 saturated heterocycles. The first-order valence-corrected chi connectivity index (χ1v) is 8.26. The van der Waals surface area contributed by atoms with Crippen LogP contribution in [-0.2, 0) is 0 Å². The van der Waals surface area contributed by atoms with Crippen molar-refractivity contribution in [2.24, 2.45) is 0 Å². The summed E-state index contributed by atoms with van der Waals surface area (Å²) in [6, 6.07) is 8.37. The van der Waals surface area contributed by atoms with Gasteiger partial charge in [-0.15, -0.1) is 5.10 Å². The van der Waals surface area contributed by atoms with Gasteiger partial charge in [0.15, 0.2) is 0 Å². The minimum atomic E-state index is -0.107. The van der Waals surface area contributed by atoms with Crippen molar-refractivity contribution in [2.75, 3.05) is 24.5 Å². The number of benzene rings is 1. The van der Waals surface area contributed by atoms with Gasteiger partial charge in [0.25, 0.3) is 5.91 Å². The topological polar surface area (TPSA) is 63.1 Å². The van der Waals surface area contributed by atoms with E-state index in [9.17, 15) is 4.79 Å². The molecule has 6 nitrogen and oxygen atoms in total.